The molecule has 0 radical (unpaired) electrons. The first-order valence-corrected chi connectivity index (χ1v) is 5.23. The van der Waals surface area contributed by atoms with Crippen molar-refractivity contribution in [1.82, 2.24) is 0 Å². The van der Waals surface area contributed by atoms with Gasteiger partial charge in [-0.1, -0.05) is 13.8 Å². The van der Waals surface area contributed by atoms with Crippen molar-refractivity contribution in [2.75, 3.05) is 11.5 Å². The van der Waals surface area contributed by atoms with Gasteiger partial charge >= 0.3 is 6.18 Å². The fraction of sp³-hybridized carbons (Fsp3) is 1.00. The van der Waals surface area contributed by atoms with E-state index in [1.807, 2.05) is 0 Å². The van der Waals surface area contributed by atoms with E-state index in [0.29, 0.717) is 12.2 Å². The van der Waals surface area contributed by atoms with Gasteiger partial charge in [0.15, 0.2) is 5.60 Å². The zero-order chi connectivity index (χ0) is 10.3. The summed E-state index contributed by atoms with van der Waals surface area (Å²) in [5.41, 5.74) is -3.60. The summed E-state index contributed by atoms with van der Waals surface area (Å²) >= 11 is 1.16. The smallest absolute Gasteiger partial charge is 0.379 e. The molecule has 0 aromatic heterocycles. The number of alkyl halides is 3. The number of aliphatic hydroxyl groups is 1. The minimum atomic E-state index is -4.52. The number of hydrogen-bond donors (Lipinski definition) is 1. The molecule has 1 unspecified atom stereocenters. The molecule has 78 valence electrons. The summed E-state index contributed by atoms with van der Waals surface area (Å²) < 4.78 is 37.7. The lowest BCUT2D eigenvalue weighted by Crippen LogP contribution is -2.59. The van der Waals surface area contributed by atoms with Crippen molar-refractivity contribution >= 4 is 11.8 Å². The van der Waals surface area contributed by atoms with E-state index in [1.165, 1.54) is 13.8 Å². The standard InChI is InChI=1S/C8H13F3OS/c1-6(2)3-4-13-5-7(6,12)8(9,10)11/h12H,3-5H2,1-2H3. The van der Waals surface area contributed by atoms with Crippen LogP contribution in [0.1, 0.15) is 20.3 Å². The Balaban J connectivity index is 2.98. The molecule has 1 fully saturated rings. The first-order valence-electron chi connectivity index (χ1n) is 4.08. The molecule has 0 amide bonds. The van der Waals surface area contributed by atoms with E-state index in [1.54, 1.807) is 0 Å². The van der Waals surface area contributed by atoms with Crippen LogP contribution in [0.25, 0.3) is 0 Å². The van der Waals surface area contributed by atoms with Gasteiger partial charge < -0.3 is 5.11 Å². The molecule has 1 rings (SSSR count). The van der Waals surface area contributed by atoms with Gasteiger partial charge in [0.2, 0.25) is 0 Å². The maximum Gasteiger partial charge on any atom is 0.418 e. The highest BCUT2D eigenvalue weighted by molar-refractivity contribution is 7.99. The Bertz CT molecular complexity index is 202. The Morgan fingerprint density at radius 1 is 1.31 bits per heavy atom. The van der Waals surface area contributed by atoms with Crippen LogP contribution in [0.15, 0.2) is 0 Å². The Labute approximate surface area is 79.7 Å². The van der Waals surface area contributed by atoms with E-state index in [-0.39, 0.29) is 5.75 Å². The van der Waals surface area contributed by atoms with Gasteiger partial charge in [-0.2, -0.15) is 24.9 Å². The molecule has 5 heteroatoms. The van der Waals surface area contributed by atoms with E-state index in [4.69, 9.17) is 0 Å². The minimum absolute atomic E-state index is 0.247. The number of halogens is 3. The quantitative estimate of drug-likeness (QED) is 0.668. The molecule has 0 aromatic rings. The molecule has 0 bridgehead atoms. The predicted octanol–water partition coefficient (Wildman–Crippen LogP) is 2.44. The second-order valence-corrected chi connectivity index (χ2v) is 5.15. The molecule has 0 spiro atoms. The molecule has 13 heavy (non-hydrogen) atoms. The fourth-order valence-electron chi connectivity index (χ4n) is 1.41. The molecule has 1 heterocycles. The highest BCUT2D eigenvalue weighted by Crippen LogP contribution is 2.50. The van der Waals surface area contributed by atoms with Crippen molar-refractivity contribution in [3.8, 4) is 0 Å². The van der Waals surface area contributed by atoms with Crippen LogP contribution < -0.4 is 0 Å². The van der Waals surface area contributed by atoms with E-state index >= 15 is 0 Å². The third kappa shape index (κ3) is 1.68. The molecule has 1 nitrogen and oxygen atoms in total. The molecule has 1 atom stereocenters. The predicted molar refractivity (Wildman–Crippen MR) is 46.7 cm³/mol. The van der Waals surface area contributed by atoms with E-state index in [2.05, 4.69) is 0 Å². The van der Waals surface area contributed by atoms with Crippen molar-refractivity contribution in [1.29, 1.82) is 0 Å². The first-order chi connectivity index (χ1) is 5.71. The van der Waals surface area contributed by atoms with Crippen LogP contribution >= 0.6 is 11.8 Å². The molecule has 0 saturated carbocycles. The zero-order valence-electron chi connectivity index (χ0n) is 7.61. The van der Waals surface area contributed by atoms with Crippen molar-refractivity contribution in [3.63, 3.8) is 0 Å². The van der Waals surface area contributed by atoms with Crippen molar-refractivity contribution < 1.29 is 18.3 Å². The monoisotopic (exact) mass is 214 g/mol. The summed E-state index contributed by atoms with van der Waals surface area (Å²) in [6.45, 7) is 2.94. The maximum atomic E-state index is 12.6. The zero-order valence-corrected chi connectivity index (χ0v) is 8.43. The highest BCUT2D eigenvalue weighted by Gasteiger charge is 2.62. The van der Waals surface area contributed by atoms with Gasteiger partial charge in [-0.3, -0.25) is 0 Å². The Morgan fingerprint density at radius 3 is 2.15 bits per heavy atom. The SMILES string of the molecule is CC1(C)CCSCC1(O)C(F)(F)F. The molecular weight excluding hydrogens is 201 g/mol. The first kappa shape index (κ1) is 11.2. The summed E-state index contributed by atoms with van der Waals surface area (Å²) in [5.74, 6) is 0.439. The molecule has 0 aromatic carbocycles. The normalized spacial score (nSPS) is 34.6. The van der Waals surface area contributed by atoms with Gasteiger partial charge in [-0.25, -0.2) is 0 Å². The van der Waals surface area contributed by atoms with Gasteiger partial charge in [-0.05, 0) is 12.2 Å². The third-order valence-corrected chi connectivity index (χ3v) is 3.89. The number of hydrogen-bond acceptors (Lipinski definition) is 2. The molecule has 1 N–H and O–H groups in total. The van der Waals surface area contributed by atoms with Gasteiger partial charge in [-0.15, -0.1) is 0 Å². The summed E-state index contributed by atoms with van der Waals surface area (Å²) in [5, 5.41) is 9.59. The Kier molecular flexibility index (Phi) is 2.62. The van der Waals surface area contributed by atoms with Crippen LogP contribution in [-0.2, 0) is 0 Å². The van der Waals surface area contributed by atoms with Gasteiger partial charge in [0.25, 0.3) is 0 Å². The van der Waals surface area contributed by atoms with Gasteiger partial charge in [0.05, 0.1) is 0 Å². The maximum absolute atomic E-state index is 12.6. The summed E-state index contributed by atoms with van der Waals surface area (Å²) in [6, 6.07) is 0. The lowest BCUT2D eigenvalue weighted by Gasteiger charge is -2.46. The summed E-state index contributed by atoms with van der Waals surface area (Å²) in [4.78, 5) is 0. The fourth-order valence-corrected chi connectivity index (χ4v) is 3.06. The van der Waals surface area contributed by atoms with Crippen LogP contribution in [-0.4, -0.2) is 28.4 Å². The van der Waals surface area contributed by atoms with Crippen LogP contribution in [0.4, 0.5) is 13.2 Å². The minimum Gasteiger partial charge on any atom is -0.379 e. The molecule has 1 aliphatic heterocycles. The van der Waals surface area contributed by atoms with Crippen LogP contribution in [0.2, 0.25) is 0 Å². The van der Waals surface area contributed by atoms with E-state index in [9.17, 15) is 18.3 Å². The van der Waals surface area contributed by atoms with Crippen molar-refractivity contribution in [2.45, 2.75) is 32.0 Å². The molecule has 1 aliphatic rings. The Hall–Kier alpha value is 0.100. The number of thioether (sulfide) groups is 1. The van der Waals surface area contributed by atoms with E-state index in [0.717, 1.165) is 11.8 Å². The van der Waals surface area contributed by atoms with E-state index < -0.39 is 17.2 Å². The Morgan fingerprint density at radius 2 is 1.85 bits per heavy atom. The van der Waals surface area contributed by atoms with Crippen LogP contribution in [0.3, 0.4) is 0 Å². The second-order valence-electron chi connectivity index (χ2n) is 4.04. The molecule has 1 saturated heterocycles. The van der Waals surface area contributed by atoms with Crippen LogP contribution in [0, 0.1) is 5.41 Å². The van der Waals surface area contributed by atoms with Crippen molar-refractivity contribution in [3.05, 3.63) is 0 Å². The highest BCUT2D eigenvalue weighted by atomic mass is 32.2. The average Bonchev–Trinajstić information content (AvgIpc) is 1.93. The third-order valence-electron chi connectivity index (χ3n) is 2.77. The molecule has 0 aliphatic carbocycles. The lowest BCUT2D eigenvalue weighted by atomic mass is 9.73. The van der Waals surface area contributed by atoms with Crippen molar-refractivity contribution in [2.24, 2.45) is 5.41 Å². The van der Waals surface area contributed by atoms with Gasteiger partial charge in [0.1, 0.15) is 0 Å². The number of rotatable bonds is 0. The second kappa shape index (κ2) is 3.05. The average molecular weight is 214 g/mol. The molecular formula is C8H13F3OS. The summed E-state index contributed by atoms with van der Waals surface area (Å²) in [6.07, 6.45) is -4.13. The lowest BCUT2D eigenvalue weighted by molar-refractivity contribution is -0.288. The van der Waals surface area contributed by atoms with Gasteiger partial charge in [0, 0.05) is 11.2 Å². The van der Waals surface area contributed by atoms with Crippen LogP contribution in [0.5, 0.6) is 0 Å². The topological polar surface area (TPSA) is 20.2 Å². The summed E-state index contributed by atoms with van der Waals surface area (Å²) in [7, 11) is 0. The largest absolute Gasteiger partial charge is 0.418 e.